The predicted molar refractivity (Wildman–Crippen MR) is 125 cm³/mol. The van der Waals surface area contributed by atoms with E-state index in [0.29, 0.717) is 5.92 Å². The summed E-state index contributed by atoms with van der Waals surface area (Å²) >= 11 is 0. The molecule has 1 aliphatic heterocycles. The Bertz CT molecular complexity index is 808. The lowest BCUT2D eigenvalue weighted by atomic mass is 9.82. The molecule has 1 saturated heterocycles. The van der Waals surface area contributed by atoms with Crippen LogP contribution in [-0.2, 0) is 0 Å². The summed E-state index contributed by atoms with van der Waals surface area (Å²) in [5.74, 6) is 1.52. The van der Waals surface area contributed by atoms with Crippen LogP contribution in [0.3, 0.4) is 0 Å². The molecule has 0 spiro atoms. The van der Waals surface area contributed by atoms with E-state index < -0.39 is 0 Å². The minimum Gasteiger partial charge on any atom is -0.300 e. The summed E-state index contributed by atoms with van der Waals surface area (Å²) < 4.78 is 0. The van der Waals surface area contributed by atoms with Crippen LogP contribution in [0.15, 0.2) is 54.6 Å². The van der Waals surface area contributed by atoms with Gasteiger partial charge in [0.15, 0.2) is 5.78 Å². The lowest BCUT2D eigenvalue weighted by Gasteiger charge is -2.39. The van der Waals surface area contributed by atoms with Gasteiger partial charge >= 0.3 is 0 Å². The molecular weight excluding hydrogens is 366 g/mol. The highest BCUT2D eigenvalue weighted by Gasteiger charge is 2.27. The summed E-state index contributed by atoms with van der Waals surface area (Å²) in [5, 5.41) is 0. The average Bonchev–Trinajstić information content (AvgIpc) is 2.81. The SMILES string of the molecule is CC(CN1CCCCC1CC1CCCCC1)c1cccc(C(=O)c2ccccc2)c1. The monoisotopic (exact) mass is 403 g/mol. The van der Waals surface area contributed by atoms with Gasteiger partial charge in [-0.2, -0.15) is 0 Å². The van der Waals surface area contributed by atoms with Crippen molar-refractivity contribution in [2.75, 3.05) is 13.1 Å². The van der Waals surface area contributed by atoms with Crippen molar-refractivity contribution in [1.29, 1.82) is 0 Å². The molecule has 2 fully saturated rings. The minimum atomic E-state index is 0.123. The molecule has 2 nitrogen and oxygen atoms in total. The molecule has 30 heavy (non-hydrogen) atoms. The number of hydrogen-bond acceptors (Lipinski definition) is 2. The van der Waals surface area contributed by atoms with E-state index in [-0.39, 0.29) is 5.78 Å². The molecule has 2 aromatic carbocycles. The van der Waals surface area contributed by atoms with E-state index in [4.69, 9.17) is 0 Å². The summed E-state index contributed by atoms with van der Waals surface area (Å²) in [7, 11) is 0. The number of ketones is 1. The van der Waals surface area contributed by atoms with Crippen LogP contribution in [0.5, 0.6) is 0 Å². The lowest BCUT2D eigenvalue weighted by Crippen LogP contribution is -2.42. The van der Waals surface area contributed by atoms with Gasteiger partial charge in [0.05, 0.1) is 0 Å². The maximum atomic E-state index is 12.9. The van der Waals surface area contributed by atoms with Crippen LogP contribution in [0.4, 0.5) is 0 Å². The van der Waals surface area contributed by atoms with Crippen LogP contribution in [0.2, 0.25) is 0 Å². The van der Waals surface area contributed by atoms with E-state index in [0.717, 1.165) is 29.6 Å². The summed E-state index contributed by atoms with van der Waals surface area (Å²) in [4.78, 5) is 15.6. The van der Waals surface area contributed by atoms with Crippen LogP contribution < -0.4 is 0 Å². The van der Waals surface area contributed by atoms with Crippen molar-refractivity contribution in [3.63, 3.8) is 0 Å². The first-order chi connectivity index (χ1) is 14.7. The largest absolute Gasteiger partial charge is 0.300 e. The molecule has 4 rings (SSSR count). The third-order valence-electron chi connectivity index (χ3n) is 7.34. The summed E-state index contributed by atoms with van der Waals surface area (Å²) in [5.41, 5.74) is 2.87. The predicted octanol–water partition coefficient (Wildman–Crippen LogP) is 6.85. The van der Waals surface area contributed by atoms with Crippen molar-refractivity contribution >= 4 is 5.78 Å². The van der Waals surface area contributed by atoms with Crippen LogP contribution in [0.25, 0.3) is 0 Å². The van der Waals surface area contributed by atoms with Crippen molar-refractivity contribution in [1.82, 2.24) is 4.90 Å². The van der Waals surface area contributed by atoms with E-state index in [2.05, 4.69) is 30.0 Å². The fourth-order valence-corrected chi connectivity index (χ4v) is 5.57. The molecule has 2 aromatic rings. The number of piperidine rings is 1. The first-order valence-electron chi connectivity index (χ1n) is 12.1. The number of hydrogen-bond donors (Lipinski definition) is 0. The van der Waals surface area contributed by atoms with E-state index in [1.165, 1.54) is 69.9 Å². The molecule has 2 heteroatoms. The van der Waals surface area contributed by atoms with Gasteiger partial charge in [0.25, 0.3) is 0 Å². The highest BCUT2D eigenvalue weighted by molar-refractivity contribution is 6.09. The Balaban J connectivity index is 1.42. The van der Waals surface area contributed by atoms with Crippen LogP contribution in [0.1, 0.15) is 92.1 Å². The molecule has 2 aliphatic rings. The Morgan fingerprint density at radius 3 is 2.43 bits per heavy atom. The smallest absolute Gasteiger partial charge is 0.193 e. The second-order valence-electron chi connectivity index (χ2n) is 9.61. The van der Waals surface area contributed by atoms with Crippen molar-refractivity contribution in [2.24, 2.45) is 5.92 Å². The molecule has 0 radical (unpaired) electrons. The van der Waals surface area contributed by atoms with E-state index in [1.54, 1.807) is 0 Å². The van der Waals surface area contributed by atoms with E-state index in [1.807, 2.05) is 36.4 Å². The van der Waals surface area contributed by atoms with E-state index in [9.17, 15) is 4.79 Å². The highest BCUT2D eigenvalue weighted by Crippen LogP contribution is 2.32. The second-order valence-corrected chi connectivity index (χ2v) is 9.61. The maximum absolute atomic E-state index is 12.9. The van der Waals surface area contributed by atoms with Gasteiger partial charge in [-0.25, -0.2) is 0 Å². The van der Waals surface area contributed by atoms with Crippen molar-refractivity contribution in [3.8, 4) is 0 Å². The standard InChI is InChI=1S/C28H37NO/c1-22(21-29-18-9-8-17-27(29)19-23-11-4-2-5-12-23)25-15-10-16-26(20-25)28(30)24-13-6-3-7-14-24/h3,6-7,10,13-16,20,22-23,27H,2,4-5,8-9,11-12,17-19,21H2,1H3. The van der Waals surface area contributed by atoms with Gasteiger partial charge in [0, 0.05) is 23.7 Å². The third kappa shape index (κ3) is 5.40. The van der Waals surface area contributed by atoms with Crippen LogP contribution in [-0.4, -0.2) is 29.8 Å². The summed E-state index contributed by atoms with van der Waals surface area (Å²) in [6.45, 7) is 4.68. The minimum absolute atomic E-state index is 0.123. The fourth-order valence-electron chi connectivity index (χ4n) is 5.57. The van der Waals surface area contributed by atoms with Gasteiger partial charge in [0.1, 0.15) is 0 Å². The van der Waals surface area contributed by atoms with Crippen molar-refractivity contribution in [3.05, 3.63) is 71.3 Å². The number of carbonyl (C=O) groups excluding carboxylic acids is 1. The number of likely N-dealkylation sites (tertiary alicyclic amines) is 1. The molecule has 0 N–H and O–H groups in total. The number of benzene rings is 2. The molecule has 0 aromatic heterocycles. The third-order valence-corrected chi connectivity index (χ3v) is 7.34. The zero-order chi connectivity index (χ0) is 20.8. The summed E-state index contributed by atoms with van der Waals surface area (Å²) in [6, 6.07) is 18.7. The lowest BCUT2D eigenvalue weighted by molar-refractivity contribution is 0.103. The normalized spacial score (nSPS) is 22.0. The van der Waals surface area contributed by atoms with Crippen LogP contribution >= 0.6 is 0 Å². The zero-order valence-electron chi connectivity index (χ0n) is 18.6. The molecule has 2 atom stereocenters. The first kappa shape index (κ1) is 21.3. The number of nitrogens with zero attached hydrogens (tertiary/aromatic N) is 1. The Hall–Kier alpha value is -1.93. The van der Waals surface area contributed by atoms with Crippen LogP contribution in [0, 0.1) is 5.92 Å². The molecule has 2 unspecified atom stereocenters. The molecule has 0 amide bonds. The van der Waals surface area contributed by atoms with Gasteiger partial charge in [-0.05, 0) is 49.3 Å². The quantitative estimate of drug-likeness (QED) is 0.471. The van der Waals surface area contributed by atoms with Gasteiger partial charge in [-0.1, -0.05) is 94.0 Å². The molecule has 1 heterocycles. The maximum Gasteiger partial charge on any atom is 0.193 e. The Labute approximate surface area is 182 Å². The van der Waals surface area contributed by atoms with Crippen molar-refractivity contribution < 1.29 is 4.79 Å². The molecule has 1 saturated carbocycles. The molecular formula is C28H37NO. The number of carbonyl (C=O) groups is 1. The Morgan fingerprint density at radius 2 is 1.63 bits per heavy atom. The highest BCUT2D eigenvalue weighted by atomic mass is 16.1. The zero-order valence-corrected chi connectivity index (χ0v) is 18.6. The summed E-state index contributed by atoms with van der Waals surface area (Å²) in [6.07, 6.45) is 12.7. The Kier molecular flexibility index (Phi) is 7.38. The van der Waals surface area contributed by atoms with Gasteiger partial charge in [-0.3, -0.25) is 9.69 Å². The molecule has 160 valence electrons. The van der Waals surface area contributed by atoms with Gasteiger partial charge < -0.3 is 0 Å². The number of rotatable bonds is 7. The fraction of sp³-hybridized carbons (Fsp3) is 0.536. The van der Waals surface area contributed by atoms with E-state index >= 15 is 0 Å². The van der Waals surface area contributed by atoms with Gasteiger partial charge in [-0.15, -0.1) is 0 Å². The van der Waals surface area contributed by atoms with Crippen molar-refractivity contribution in [2.45, 2.75) is 76.7 Å². The van der Waals surface area contributed by atoms with Gasteiger partial charge in [0.2, 0.25) is 0 Å². The second kappa shape index (κ2) is 10.4. The topological polar surface area (TPSA) is 20.3 Å². The first-order valence-corrected chi connectivity index (χ1v) is 12.1. The molecule has 0 bridgehead atoms. The Morgan fingerprint density at radius 1 is 0.900 bits per heavy atom. The average molecular weight is 404 g/mol. The molecule has 1 aliphatic carbocycles.